The average Bonchev–Trinajstić information content (AvgIpc) is 2.41. The molecule has 0 aromatic heterocycles. The van der Waals surface area contributed by atoms with Gasteiger partial charge in [-0.3, -0.25) is 0 Å². The second-order valence-electron chi connectivity index (χ2n) is 4.00. The summed E-state index contributed by atoms with van der Waals surface area (Å²) in [5.74, 6) is -0.214. The first-order valence-electron chi connectivity index (χ1n) is 5.76. The highest BCUT2D eigenvalue weighted by molar-refractivity contribution is 5.49. The molecule has 0 fully saturated rings. The van der Waals surface area contributed by atoms with E-state index in [1.807, 2.05) is 18.2 Å². The van der Waals surface area contributed by atoms with E-state index >= 15 is 0 Å². The SMILES string of the molecule is N#Cc1cccc(NCCc2ccc(F)cc2)c1. The van der Waals surface area contributed by atoms with Crippen molar-refractivity contribution in [1.29, 1.82) is 5.26 Å². The lowest BCUT2D eigenvalue weighted by molar-refractivity contribution is 0.627. The molecule has 0 radical (unpaired) electrons. The standard InChI is InChI=1S/C15H13FN2/c16-14-6-4-12(5-7-14)8-9-18-15-3-1-2-13(10-15)11-17/h1-7,10,18H,8-9H2. The number of anilines is 1. The molecular formula is C15H13FN2. The van der Waals surface area contributed by atoms with Gasteiger partial charge in [-0.15, -0.1) is 0 Å². The van der Waals surface area contributed by atoms with Gasteiger partial charge in [-0.05, 0) is 42.3 Å². The Balaban J connectivity index is 1.88. The number of rotatable bonds is 4. The molecule has 2 aromatic rings. The van der Waals surface area contributed by atoms with Crippen LogP contribution in [0.1, 0.15) is 11.1 Å². The predicted molar refractivity (Wildman–Crippen MR) is 69.8 cm³/mol. The van der Waals surface area contributed by atoms with Crippen molar-refractivity contribution in [2.24, 2.45) is 0 Å². The molecule has 0 unspecified atom stereocenters. The molecule has 0 aliphatic rings. The van der Waals surface area contributed by atoms with Gasteiger partial charge in [0.1, 0.15) is 5.82 Å². The first-order valence-corrected chi connectivity index (χ1v) is 5.76. The van der Waals surface area contributed by atoms with E-state index in [0.29, 0.717) is 5.56 Å². The third-order valence-corrected chi connectivity index (χ3v) is 2.65. The Kier molecular flexibility index (Phi) is 3.93. The second kappa shape index (κ2) is 5.83. The van der Waals surface area contributed by atoms with Gasteiger partial charge in [0, 0.05) is 12.2 Å². The third-order valence-electron chi connectivity index (χ3n) is 2.65. The maximum absolute atomic E-state index is 12.7. The van der Waals surface area contributed by atoms with Gasteiger partial charge >= 0.3 is 0 Å². The zero-order valence-electron chi connectivity index (χ0n) is 9.86. The Morgan fingerprint density at radius 2 is 1.89 bits per heavy atom. The van der Waals surface area contributed by atoms with Crippen molar-refractivity contribution in [2.75, 3.05) is 11.9 Å². The van der Waals surface area contributed by atoms with Crippen molar-refractivity contribution < 1.29 is 4.39 Å². The maximum Gasteiger partial charge on any atom is 0.123 e. The molecule has 2 nitrogen and oxygen atoms in total. The third kappa shape index (κ3) is 3.33. The zero-order valence-corrected chi connectivity index (χ0v) is 9.86. The molecule has 0 atom stereocenters. The van der Waals surface area contributed by atoms with Crippen LogP contribution in [0.4, 0.5) is 10.1 Å². The summed E-state index contributed by atoms with van der Waals surface area (Å²) in [6.07, 6.45) is 0.817. The Labute approximate surface area is 106 Å². The van der Waals surface area contributed by atoms with Crippen LogP contribution < -0.4 is 5.32 Å². The quantitative estimate of drug-likeness (QED) is 0.889. The van der Waals surface area contributed by atoms with Crippen molar-refractivity contribution in [2.45, 2.75) is 6.42 Å². The van der Waals surface area contributed by atoms with Gasteiger partial charge in [0.05, 0.1) is 11.6 Å². The molecule has 3 heteroatoms. The summed E-state index contributed by atoms with van der Waals surface area (Å²) in [6.45, 7) is 0.751. The highest BCUT2D eigenvalue weighted by Gasteiger charge is 1.96. The number of nitrogens with zero attached hydrogens (tertiary/aromatic N) is 1. The Hall–Kier alpha value is -2.34. The summed E-state index contributed by atoms with van der Waals surface area (Å²) in [5, 5.41) is 12.0. The number of hydrogen-bond acceptors (Lipinski definition) is 2. The monoisotopic (exact) mass is 240 g/mol. The minimum absolute atomic E-state index is 0.214. The summed E-state index contributed by atoms with van der Waals surface area (Å²) >= 11 is 0. The first-order chi connectivity index (χ1) is 8.78. The molecule has 0 aliphatic heterocycles. The van der Waals surface area contributed by atoms with Gasteiger partial charge in [-0.25, -0.2) is 4.39 Å². The Morgan fingerprint density at radius 3 is 2.61 bits per heavy atom. The molecule has 2 aromatic carbocycles. The zero-order chi connectivity index (χ0) is 12.8. The number of halogens is 1. The van der Waals surface area contributed by atoms with E-state index in [-0.39, 0.29) is 5.82 Å². The summed E-state index contributed by atoms with van der Waals surface area (Å²) in [5.41, 5.74) is 2.65. The van der Waals surface area contributed by atoms with Crippen molar-refractivity contribution in [1.82, 2.24) is 0 Å². The van der Waals surface area contributed by atoms with Gasteiger partial charge < -0.3 is 5.32 Å². The van der Waals surface area contributed by atoms with E-state index in [2.05, 4.69) is 11.4 Å². The van der Waals surface area contributed by atoms with Crippen molar-refractivity contribution in [3.05, 3.63) is 65.5 Å². The molecule has 18 heavy (non-hydrogen) atoms. The molecule has 90 valence electrons. The Morgan fingerprint density at radius 1 is 1.11 bits per heavy atom. The molecular weight excluding hydrogens is 227 g/mol. The van der Waals surface area contributed by atoms with Gasteiger partial charge in [0.25, 0.3) is 0 Å². The lowest BCUT2D eigenvalue weighted by Gasteiger charge is -2.06. The normalized spacial score (nSPS) is 9.78. The summed E-state index contributed by atoms with van der Waals surface area (Å²) < 4.78 is 12.7. The van der Waals surface area contributed by atoms with Crippen LogP contribution in [0.2, 0.25) is 0 Å². The molecule has 1 N–H and O–H groups in total. The molecule has 2 rings (SSSR count). The smallest absolute Gasteiger partial charge is 0.123 e. The van der Waals surface area contributed by atoms with E-state index in [0.717, 1.165) is 24.2 Å². The van der Waals surface area contributed by atoms with E-state index < -0.39 is 0 Å². The van der Waals surface area contributed by atoms with E-state index in [4.69, 9.17) is 5.26 Å². The second-order valence-corrected chi connectivity index (χ2v) is 4.00. The van der Waals surface area contributed by atoms with Crippen LogP contribution in [0.3, 0.4) is 0 Å². The molecule has 0 amide bonds. The fourth-order valence-electron chi connectivity index (χ4n) is 1.70. The van der Waals surface area contributed by atoms with Crippen LogP contribution in [0, 0.1) is 17.1 Å². The summed E-state index contributed by atoms with van der Waals surface area (Å²) in [7, 11) is 0. The topological polar surface area (TPSA) is 35.8 Å². The summed E-state index contributed by atoms with van der Waals surface area (Å²) in [6, 6.07) is 15.9. The largest absolute Gasteiger partial charge is 0.385 e. The van der Waals surface area contributed by atoms with Crippen LogP contribution in [0.25, 0.3) is 0 Å². The predicted octanol–water partition coefficient (Wildman–Crippen LogP) is 3.35. The van der Waals surface area contributed by atoms with Crippen LogP contribution in [0.5, 0.6) is 0 Å². The van der Waals surface area contributed by atoms with Crippen LogP contribution >= 0.6 is 0 Å². The van der Waals surface area contributed by atoms with Gasteiger partial charge in [-0.2, -0.15) is 5.26 Å². The van der Waals surface area contributed by atoms with Gasteiger partial charge in [0.2, 0.25) is 0 Å². The molecule has 0 spiro atoms. The average molecular weight is 240 g/mol. The van der Waals surface area contributed by atoms with Crippen LogP contribution in [-0.2, 0) is 6.42 Å². The van der Waals surface area contributed by atoms with E-state index in [1.165, 1.54) is 12.1 Å². The van der Waals surface area contributed by atoms with E-state index in [1.54, 1.807) is 18.2 Å². The molecule has 0 heterocycles. The molecule has 0 bridgehead atoms. The van der Waals surface area contributed by atoms with Crippen molar-refractivity contribution in [3.63, 3.8) is 0 Å². The molecule has 0 saturated carbocycles. The number of nitrogens with one attached hydrogen (secondary N) is 1. The van der Waals surface area contributed by atoms with Crippen molar-refractivity contribution in [3.8, 4) is 6.07 Å². The van der Waals surface area contributed by atoms with E-state index in [9.17, 15) is 4.39 Å². The highest BCUT2D eigenvalue weighted by atomic mass is 19.1. The van der Waals surface area contributed by atoms with Crippen LogP contribution in [0.15, 0.2) is 48.5 Å². The van der Waals surface area contributed by atoms with Gasteiger partial charge in [0.15, 0.2) is 0 Å². The Bertz CT molecular complexity index is 555. The fourth-order valence-corrected chi connectivity index (χ4v) is 1.70. The molecule has 0 saturated heterocycles. The minimum Gasteiger partial charge on any atom is -0.385 e. The number of benzene rings is 2. The first kappa shape index (κ1) is 12.1. The minimum atomic E-state index is -0.214. The van der Waals surface area contributed by atoms with Crippen LogP contribution in [-0.4, -0.2) is 6.54 Å². The van der Waals surface area contributed by atoms with Crippen molar-refractivity contribution >= 4 is 5.69 Å². The van der Waals surface area contributed by atoms with Gasteiger partial charge in [-0.1, -0.05) is 18.2 Å². The number of nitriles is 1. The lowest BCUT2D eigenvalue weighted by Crippen LogP contribution is -2.04. The summed E-state index contributed by atoms with van der Waals surface area (Å²) in [4.78, 5) is 0. The molecule has 0 aliphatic carbocycles. The number of hydrogen-bond donors (Lipinski definition) is 1. The maximum atomic E-state index is 12.7. The fraction of sp³-hybridized carbons (Fsp3) is 0.133. The highest BCUT2D eigenvalue weighted by Crippen LogP contribution is 2.10. The lowest BCUT2D eigenvalue weighted by atomic mass is 10.1.